The van der Waals surface area contributed by atoms with Gasteiger partial charge in [-0.15, -0.1) is 0 Å². The van der Waals surface area contributed by atoms with Crippen LogP contribution in [0.5, 0.6) is 0 Å². The maximum absolute atomic E-state index is 13.1. The molecule has 8 heteroatoms. The highest BCUT2D eigenvalue weighted by atomic mass is 32.2. The van der Waals surface area contributed by atoms with E-state index in [1.54, 1.807) is 13.8 Å². The monoisotopic (exact) mass is 308 g/mol. The van der Waals surface area contributed by atoms with E-state index in [1.165, 1.54) is 6.20 Å². The van der Waals surface area contributed by atoms with Crippen LogP contribution in [0, 0.1) is 0 Å². The molecule has 1 aliphatic heterocycles. The van der Waals surface area contributed by atoms with Gasteiger partial charge < -0.3 is 0 Å². The zero-order valence-electron chi connectivity index (χ0n) is 11.1. The van der Waals surface area contributed by atoms with E-state index in [0.717, 1.165) is 10.4 Å². The molecule has 4 nitrogen and oxygen atoms in total. The number of hydrogen-bond acceptors (Lipinski definition) is 3. The molecule has 0 saturated carbocycles. The lowest BCUT2D eigenvalue weighted by atomic mass is 10.0. The molecule has 1 fully saturated rings. The van der Waals surface area contributed by atoms with Crippen LogP contribution in [0.4, 0.5) is 19.0 Å². The molecule has 1 aromatic heterocycles. The molecular formula is C12H15F3N2O2S. The Labute approximate surface area is 115 Å². The Morgan fingerprint density at radius 3 is 2.45 bits per heavy atom. The maximum atomic E-state index is 13.1. The SMILES string of the molecule is CC(C)c1cnc(N2CCCS2(=O)=O)c(C(F)(F)F)c1. The smallest absolute Gasteiger partial charge is 0.253 e. The van der Waals surface area contributed by atoms with Gasteiger partial charge in [-0.3, -0.25) is 4.31 Å². The predicted octanol–water partition coefficient (Wildman–Crippen LogP) is 2.76. The van der Waals surface area contributed by atoms with Crippen molar-refractivity contribution in [3.05, 3.63) is 23.4 Å². The Kier molecular flexibility index (Phi) is 3.70. The third-order valence-corrected chi connectivity index (χ3v) is 5.03. The van der Waals surface area contributed by atoms with Crippen molar-refractivity contribution in [1.29, 1.82) is 0 Å². The van der Waals surface area contributed by atoms with Crippen LogP contribution in [0.1, 0.15) is 37.3 Å². The van der Waals surface area contributed by atoms with Crippen LogP contribution in [-0.4, -0.2) is 25.7 Å². The second-order valence-electron chi connectivity index (χ2n) is 5.03. The third kappa shape index (κ3) is 2.74. The van der Waals surface area contributed by atoms with Crippen molar-refractivity contribution in [1.82, 2.24) is 4.98 Å². The molecule has 0 aromatic carbocycles. The average molecular weight is 308 g/mol. The summed E-state index contributed by atoms with van der Waals surface area (Å²) >= 11 is 0. The Balaban J connectivity index is 2.59. The highest BCUT2D eigenvalue weighted by Gasteiger charge is 2.40. The van der Waals surface area contributed by atoms with Crippen LogP contribution in [0.2, 0.25) is 0 Å². The van der Waals surface area contributed by atoms with Crippen LogP contribution in [0.25, 0.3) is 0 Å². The molecule has 0 atom stereocenters. The molecule has 1 aromatic rings. The van der Waals surface area contributed by atoms with Gasteiger partial charge in [0.1, 0.15) is 0 Å². The van der Waals surface area contributed by atoms with E-state index in [4.69, 9.17) is 0 Å². The first-order chi connectivity index (χ1) is 9.13. The highest BCUT2D eigenvalue weighted by molar-refractivity contribution is 7.93. The second kappa shape index (κ2) is 4.91. The molecule has 0 amide bonds. The Morgan fingerprint density at radius 2 is 2.00 bits per heavy atom. The third-order valence-electron chi connectivity index (χ3n) is 3.20. The van der Waals surface area contributed by atoms with Crippen LogP contribution in [0.15, 0.2) is 12.3 Å². The first-order valence-corrected chi connectivity index (χ1v) is 7.81. The van der Waals surface area contributed by atoms with E-state index in [0.29, 0.717) is 12.0 Å². The Hall–Kier alpha value is -1.31. The number of pyridine rings is 1. The van der Waals surface area contributed by atoms with Gasteiger partial charge in [0.05, 0.1) is 11.3 Å². The normalized spacial score (nSPS) is 18.8. The molecule has 1 aliphatic rings. The molecule has 0 radical (unpaired) electrons. The molecule has 0 bridgehead atoms. The minimum Gasteiger partial charge on any atom is -0.253 e. The summed E-state index contributed by atoms with van der Waals surface area (Å²) in [4.78, 5) is 3.77. The van der Waals surface area contributed by atoms with Gasteiger partial charge in [-0.2, -0.15) is 13.2 Å². The first-order valence-electron chi connectivity index (χ1n) is 6.20. The van der Waals surface area contributed by atoms with Crippen LogP contribution < -0.4 is 4.31 Å². The van der Waals surface area contributed by atoms with Gasteiger partial charge in [0.15, 0.2) is 5.82 Å². The summed E-state index contributed by atoms with van der Waals surface area (Å²) in [5, 5.41) is 0. The van der Waals surface area contributed by atoms with Gasteiger partial charge in [-0.05, 0) is 24.0 Å². The number of anilines is 1. The summed E-state index contributed by atoms with van der Waals surface area (Å²) in [6.45, 7) is 3.55. The number of nitrogens with zero attached hydrogens (tertiary/aromatic N) is 2. The second-order valence-corrected chi connectivity index (χ2v) is 7.05. The standard InChI is InChI=1S/C12H15F3N2O2S/c1-8(2)9-6-10(12(13,14)15)11(16-7-9)17-4-3-5-20(17,18)19/h6-8H,3-5H2,1-2H3. The zero-order chi connectivity index (χ0) is 15.1. The molecule has 0 spiro atoms. The topological polar surface area (TPSA) is 50.3 Å². The summed E-state index contributed by atoms with van der Waals surface area (Å²) in [6.07, 6.45) is -3.01. The molecule has 0 unspecified atom stereocenters. The fourth-order valence-electron chi connectivity index (χ4n) is 2.07. The number of hydrogen-bond donors (Lipinski definition) is 0. The van der Waals surface area contributed by atoms with Crippen molar-refractivity contribution >= 4 is 15.8 Å². The number of aromatic nitrogens is 1. The van der Waals surface area contributed by atoms with Gasteiger partial charge >= 0.3 is 6.18 Å². The van der Waals surface area contributed by atoms with Gasteiger partial charge in [-0.25, -0.2) is 13.4 Å². The molecule has 0 N–H and O–H groups in total. The molecule has 112 valence electrons. The van der Waals surface area contributed by atoms with Crippen molar-refractivity contribution in [2.24, 2.45) is 0 Å². The Morgan fingerprint density at radius 1 is 1.35 bits per heavy atom. The summed E-state index contributed by atoms with van der Waals surface area (Å²) in [5.74, 6) is -0.773. The van der Waals surface area contributed by atoms with Crippen molar-refractivity contribution in [3.8, 4) is 0 Å². The lowest BCUT2D eigenvalue weighted by Crippen LogP contribution is -2.29. The molecule has 2 heterocycles. The van der Waals surface area contributed by atoms with Gasteiger partial charge in [0.25, 0.3) is 0 Å². The highest BCUT2D eigenvalue weighted by Crippen LogP contribution is 2.38. The number of alkyl halides is 3. The summed E-state index contributed by atoms with van der Waals surface area (Å²) < 4.78 is 63.7. The Bertz CT molecular complexity index is 612. The van der Waals surface area contributed by atoms with Crippen molar-refractivity contribution in [2.45, 2.75) is 32.4 Å². The van der Waals surface area contributed by atoms with Crippen LogP contribution in [-0.2, 0) is 16.2 Å². The summed E-state index contributed by atoms with van der Waals surface area (Å²) in [7, 11) is -3.69. The first kappa shape index (κ1) is 15.1. The van der Waals surface area contributed by atoms with E-state index >= 15 is 0 Å². The van der Waals surface area contributed by atoms with E-state index in [9.17, 15) is 21.6 Å². The van der Waals surface area contributed by atoms with Gasteiger partial charge in [0.2, 0.25) is 10.0 Å². The molecule has 2 rings (SSSR count). The van der Waals surface area contributed by atoms with Crippen molar-refractivity contribution < 1.29 is 21.6 Å². The van der Waals surface area contributed by atoms with E-state index < -0.39 is 27.6 Å². The molecule has 1 saturated heterocycles. The predicted molar refractivity (Wildman–Crippen MR) is 69.1 cm³/mol. The lowest BCUT2D eigenvalue weighted by molar-refractivity contribution is -0.137. The number of halogens is 3. The summed E-state index contributed by atoms with van der Waals surface area (Å²) in [6, 6.07) is 0.987. The van der Waals surface area contributed by atoms with Crippen LogP contribution in [0.3, 0.4) is 0 Å². The van der Waals surface area contributed by atoms with E-state index in [-0.39, 0.29) is 18.2 Å². The average Bonchev–Trinajstić information content (AvgIpc) is 2.66. The number of rotatable bonds is 2. The fourth-order valence-corrected chi connectivity index (χ4v) is 3.60. The van der Waals surface area contributed by atoms with Gasteiger partial charge in [0, 0.05) is 12.7 Å². The maximum Gasteiger partial charge on any atom is 0.420 e. The zero-order valence-corrected chi connectivity index (χ0v) is 11.9. The van der Waals surface area contributed by atoms with E-state index in [1.807, 2.05) is 0 Å². The van der Waals surface area contributed by atoms with Crippen LogP contribution >= 0.6 is 0 Å². The van der Waals surface area contributed by atoms with Crippen molar-refractivity contribution in [2.75, 3.05) is 16.6 Å². The minimum absolute atomic E-state index is 0.0411. The van der Waals surface area contributed by atoms with Gasteiger partial charge in [-0.1, -0.05) is 13.8 Å². The largest absolute Gasteiger partial charge is 0.420 e. The quantitative estimate of drug-likeness (QED) is 0.844. The minimum atomic E-state index is -4.63. The molecular weight excluding hydrogens is 293 g/mol. The summed E-state index contributed by atoms with van der Waals surface area (Å²) in [5.41, 5.74) is -0.563. The van der Waals surface area contributed by atoms with E-state index in [2.05, 4.69) is 4.98 Å². The fraction of sp³-hybridized carbons (Fsp3) is 0.583. The molecule has 20 heavy (non-hydrogen) atoms. The lowest BCUT2D eigenvalue weighted by Gasteiger charge is -2.21. The molecule has 0 aliphatic carbocycles. The number of sulfonamides is 1. The van der Waals surface area contributed by atoms with Crippen molar-refractivity contribution in [3.63, 3.8) is 0 Å².